The summed E-state index contributed by atoms with van der Waals surface area (Å²) in [6, 6.07) is 8.23. The fourth-order valence-corrected chi connectivity index (χ4v) is 2.49. The van der Waals surface area contributed by atoms with Gasteiger partial charge in [-0.2, -0.15) is 4.39 Å². The number of benzene rings is 1. The molecule has 0 spiro atoms. The van der Waals surface area contributed by atoms with E-state index in [-0.39, 0.29) is 0 Å². The van der Waals surface area contributed by atoms with E-state index < -0.39 is 5.95 Å². The zero-order valence-electron chi connectivity index (χ0n) is 7.95. The van der Waals surface area contributed by atoms with Gasteiger partial charge in [0.2, 0.25) is 5.95 Å². The quantitative estimate of drug-likeness (QED) is 0.737. The van der Waals surface area contributed by atoms with Gasteiger partial charge in [0.25, 0.3) is 0 Å². The third-order valence-electron chi connectivity index (χ3n) is 1.82. The molecule has 0 fully saturated rings. The van der Waals surface area contributed by atoms with Crippen LogP contribution in [0.2, 0.25) is 10.0 Å². The van der Waals surface area contributed by atoms with Gasteiger partial charge in [0.05, 0.1) is 5.02 Å². The molecule has 0 aliphatic carbocycles. The molecule has 1 aromatic heterocycles. The second-order valence-electron chi connectivity index (χ2n) is 2.99. The Morgan fingerprint density at radius 3 is 2.69 bits per heavy atom. The maximum Gasteiger partial charge on any atom is 0.213 e. The fraction of sp³-hybridized carbons (Fsp3) is 0. The molecular formula is C11H6Cl2FNS. The van der Waals surface area contributed by atoms with Crippen molar-refractivity contribution in [1.82, 2.24) is 4.98 Å². The molecular weight excluding hydrogens is 268 g/mol. The first-order valence-electron chi connectivity index (χ1n) is 4.39. The zero-order valence-corrected chi connectivity index (χ0v) is 10.3. The summed E-state index contributed by atoms with van der Waals surface area (Å²) in [5.74, 6) is -0.511. The molecule has 0 amide bonds. The van der Waals surface area contributed by atoms with Gasteiger partial charge in [-0.25, -0.2) is 4.98 Å². The topological polar surface area (TPSA) is 12.9 Å². The Bertz CT molecular complexity index is 519. The Kier molecular flexibility index (Phi) is 3.69. The van der Waals surface area contributed by atoms with Crippen LogP contribution in [0.5, 0.6) is 0 Å². The minimum Gasteiger partial charge on any atom is -0.228 e. The van der Waals surface area contributed by atoms with Crippen molar-refractivity contribution in [2.45, 2.75) is 9.79 Å². The summed E-state index contributed by atoms with van der Waals surface area (Å²) in [6.45, 7) is 0. The van der Waals surface area contributed by atoms with Crippen LogP contribution in [0.4, 0.5) is 4.39 Å². The van der Waals surface area contributed by atoms with E-state index in [1.54, 1.807) is 24.3 Å². The molecule has 5 heteroatoms. The number of nitrogens with zero attached hydrogens (tertiary/aromatic N) is 1. The smallest absolute Gasteiger partial charge is 0.213 e. The minimum atomic E-state index is -0.511. The highest BCUT2D eigenvalue weighted by Gasteiger charge is 2.04. The van der Waals surface area contributed by atoms with Gasteiger partial charge in [0.1, 0.15) is 0 Å². The van der Waals surface area contributed by atoms with E-state index in [1.807, 2.05) is 0 Å². The highest BCUT2D eigenvalue weighted by Crippen LogP contribution is 2.34. The largest absolute Gasteiger partial charge is 0.228 e. The summed E-state index contributed by atoms with van der Waals surface area (Å²) in [4.78, 5) is 5.01. The van der Waals surface area contributed by atoms with E-state index in [0.717, 1.165) is 9.79 Å². The van der Waals surface area contributed by atoms with Crippen molar-refractivity contribution < 1.29 is 4.39 Å². The van der Waals surface area contributed by atoms with Gasteiger partial charge >= 0.3 is 0 Å². The van der Waals surface area contributed by atoms with Crippen molar-refractivity contribution in [2.24, 2.45) is 0 Å². The summed E-state index contributed by atoms with van der Waals surface area (Å²) >= 11 is 13.2. The van der Waals surface area contributed by atoms with Gasteiger partial charge in [-0.3, -0.25) is 0 Å². The zero-order chi connectivity index (χ0) is 11.5. The highest BCUT2D eigenvalue weighted by molar-refractivity contribution is 7.99. The third kappa shape index (κ3) is 2.88. The molecule has 0 aliphatic heterocycles. The first-order chi connectivity index (χ1) is 7.65. The first kappa shape index (κ1) is 11.7. The second-order valence-corrected chi connectivity index (χ2v) is 4.95. The van der Waals surface area contributed by atoms with E-state index in [4.69, 9.17) is 23.2 Å². The Morgan fingerprint density at radius 2 is 1.94 bits per heavy atom. The monoisotopic (exact) mass is 273 g/mol. The van der Waals surface area contributed by atoms with Crippen LogP contribution in [-0.2, 0) is 0 Å². The van der Waals surface area contributed by atoms with E-state index in [1.165, 1.54) is 24.0 Å². The van der Waals surface area contributed by atoms with Crippen molar-refractivity contribution >= 4 is 35.0 Å². The summed E-state index contributed by atoms with van der Waals surface area (Å²) in [5.41, 5.74) is 0. The minimum absolute atomic E-state index is 0.511. The third-order valence-corrected chi connectivity index (χ3v) is 3.54. The lowest BCUT2D eigenvalue weighted by molar-refractivity contribution is 0.579. The number of pyridine rings is 1. The van der Waals surface area contributed by atoms with Crippen molar-refractivity contribution in [3.8, 4) is 0 Å². The Morgan fingerprint density at radius 1 is 1.12 bits per heavy atom. The van der Waals surface area contributed by atoms with Crippen LogP contribution in [0.1, 0.15) is 0 Å². The van der Waals surface area contributed by atoms with Crippen LogP contribution in [0.25, 0.3) is 0 Å². The lowest BCUT2D eigenvalue weighted by Gasteiger charge is -2.04. The second kappa shape index (κ2) is 5.04. The van der Waals surface area contributed by atoms with E-state index in [9.17, 15) is 4.39 Å². The molecule has 0 bridgehead atoms. The molecule has 0 saturated carbocycles. The van der Waals surface area contributed by atoms with Gasteiger partial charge in [0, 0.05) is 27.1 Å². The van der Waals surface area contributed by atoms with Crippen molar-refractivity contribution in [3.63, 3.8) is 0 Å². The molecule has 0 atom stereocenters. The van der Waals surface area contributed by atoms with Crippen LogP contribution < -0.4 is 0 Å². The molecule has 1 nitrogen and oxygen atoms in total. The number of hydrogen-bond acceptors (Lipinski definition) is 2. The molecule has 2 rings (SSSR count). The molecule has 0 unspecified atom stereocenters. The standard InChI is InChI=1S/C11H6Cl2FNS/c12-7-1-2-9(13)10(5-7)16-8-3-4-15-11(14)6-8/h1-6H. The molecule has 0 aliphatic rings. The number of hydrogen-bond donors (Lipinski definition) is 0. The van der Waals surface area contributed by atoms with Gasteiger partial charge < -0.3 is 0 Å². The molecule has 0 N–H and O–H groups in total. The number of aromatic nitrogens is 1. The van der Waals surface area contributed by atoms with Crippen molar-refractivity contribution in [2.75, 3.05) is 0 Å². The van der Waals surface area contributed by atoms with Crippen LogP contribution in [0.15, 0.2) is 46.3 Å². The highest BCUT2D eigenvalue weighted by atomic mass is 35.5. The van der Waals surface area contributed by atoms with Crippen LogP contribution in [-0.4, -0.2) is 4.98 Å². The lowest BCUT2D eigenvalue weighted by atomic mass is 10.4. The van der Waals surface area contributed by atoms with Crippen LogP contribution in [0, 0.1) is 5.95 Å². The Labute approximate surface area is 107 Å². The predicted octanol–water partition coefficient (Wildman–Crippen LogP) is 4.68. The predicted molar refractivity (Wildman–Crippen MR) is 64.8 cm³/mol. The summed E-state index contributed by atoms with van der Waals surface area (Å²) < 4.78 is 12.9. The molecule has 2 aromatic rings. The van der Waals surface area contributed by atoms with Crippen LogP contribution >= 0.6 is 35.0 Å². The number of halogens is 3. The molecule has 16 heavy (non-hydrogen) atoms. The summed E-state index contributed by atoms with van der Waals surface area (Å²) in [6.07, 6.45) is 1.41. The fourth-order valence-electron chi connectivity index (χ4n) is 1.13. The van der Waals surface area contributed by atoms with Gasteiger partial charge in [-0.05, 0) is 24.3 Å². The van der Waals surface area contributed by atoms with Crippen LogP contribution in [0.3, 0.4) is 0 Å². The number of rotatable bonds is 2. The maximum absolute atomic E-state index is 12.9. The molecule has 0 saturated heterocycles. The Hall–Kier alpha value is -0.770. The molecule has 1 aromatic carbocycles. The SMILES string of the molecule is Fc1cc(Sc2cc(Cl)ccc2Cl)ccn1. The van der Waals surface area contributed by atoms with E-state index in [0.29, 0.717) is 10.0 Å². The summed E-state index contributed by atoms with van der Waals surface area (Å²) in [5, 5.41) is 1.19. The summed E-state index contributed by atoms with van der Waals surface area (Å²) in [7, 11) is 0. The molecule has 82 valence electrons. The van der Waals surface area contributed by atoms with Crippen molar-refractivity contribution in [1.29, 1.82) is 0 Å². The normalized spacial score (nSPS) is 10.4. The van der Waals surface area contributed by atoms with Gasteiger partial charge in [-0.1, -0.05) is 35.0 Å². The molecule has 1 heterocycles. The Balaban J connectivity index is 2.30. The maximum atomic E-state index is 12.9. The van der Waals surface area contributed by atoms with Gasteiger partial charge in [-0.15, -0.1) is 0 Å². The molecule has 0 radical (unpaired) electrons. The average Bonchev–Trinajstić information content (AvgIpc) is 2.24. The van der Waals surface area contributed by atoms with Crippen molar-refractivity contribution in [3.05, 3.63) is 52.5 Å². The van der Waals surface area contributed by atoms with E-state index in [2.05, 4.69) is 4.98 Å². The van der Waals surface area contributed by atoms with Gasteiger partial charge in [0.15, 0.2) is 0 Å². The first-order valence-corrected chi connectivity index (χ1v) is 5.97. The lowest BCUT2D eigenvalue weighted by Crippen LogP contribution is -1.82. The average molecular weight is 274 g/mol. The van der Waals surface area contributed by atoms with E-state index >= 15 is 0 Å².